The molecule has 10 atom stereocenters. The van der Waals surface area contributed by atoms with Crippen LogP contribution >= 0.6 is 0 Å². The molecule has 0 saturated carbocycles. The molecule has 1 aromatic rings. The first-order valence-electron chi connectivity index (χ1n) is 12.0. The highest BCUT2D eigenvalue weighted by molar-refractivity contribution is 5.81. The number of nitrogens with one attached hydrogen (secondary N) is 2. The van der Waals surface area contributed by atoms with Crippen LogP contribution in [0.3, 0.4) is 0 Å². The topological polar surface area (TPSA) is 185 Å². The number of aliphatic hydroxyl groups is 4. The summed E-state index contributed by atoms with van der Waals surface area (Å²) in [6.45, 7) is 0.922. The van der Waals surface area contributed by atoms with Crippen molar-refractivity contribution in [3.63, 3.8) is 0 Å². The first kappa shape index (κ1) is 29.4. The molecule has 3 rings (SSSR count). The Labute approximate surface area is 214 Å². The Morgan fingerprint density at radius 1 is 0.946 bits per heavy atom. The van der Waals surface area contributed by atoms with Gasteiger partial charge in [0.1, 0.15) is 42.7 Å². The maximum atomic E-state index is 13.0. The van der Waals surface area contributed by atoms with Gasteiger partial charge in [0.2, 0.25) is 5.91 Å². The van der Waals surface area contributed by atoms with E-state index in [4.69, 9.17) is 23.7 Å². The van der Waals surface area contributed by atoms with E-state index >= 15 is 0 Å². The van der Waals surface area contributed by atoms with Crippen LogP contribution in [0.4, 0.5) is 0 Å². The predicted molar refractivity (Wildman–Crippen MR) is 126 cm³/mol. The van der Waals surface area contributed by atoms with Crippen molar-refractivity contribution in [3.05, 3.63) is 35.9 Å². The highest BCUT2D eigenvalue weighted by Crippen LogP contribution is 2.30. The summed E-state index contributed by atoms with van der Waals surface area (Å²) in [5.41, 5.74) is 1.01. The van der Waals surface area contributed by atoms with E-state index < -0.39 is 79.8 Å². The molecule has 0 aliphatic carbocycles. The summed E-state index contributed by atoms with van der Waals surface area (Å²) in [7, 11) is 2.57. The number of hydrogen-bond donors (Lipinski definition) is 6. The van der Waals surface area contributed by atoms with Crippen LogP contribution in [0.25, 0.3) is 0 Å². The van der Waals surface area contributed by atoms with E-state index in [9.17, 15) is 30.0 Å². The number of methoxy groups -OCH3 is 2. The molecule has 13 heteroatoms. The average molecular weight is 529 g/mol. The summed E-state index contributed by atoms with van der Waals surface area (Å²) in [4.78, 5) is 24.8. The Balaban J connectivity index is 1.76. The van der Waals surface area contributed by atoms with Crippen LogP contribution < -0.4 is 10.6 Å². The van der Waals surface area contributed by atoms with Gasteiger partial charge in [-0.3, -0.25) is 9.59 Å². The zero-order valence-corrected chi connectivity index (χ0v) is 20.9. The normalized spacial score (nSPS) is 36.1. The van der Waals surface area contributed by atoms with Gasteiger partial charge < -0.3 is 54.7 Å². The van der Waals surface area contributed by atoms with Crippen molar-refractivity contribution < 1.29 is 53.7 Å². The molecule has 2 saturated heterocycles. The van der Waals surface area contributed by atoms with Gasteiger partial charge in [0.15, 0.2) is 18.7 Å². The molecule has 208 valence electrons. The average Bonchev–Trinajstić information content (AvgIpc) is 2.89. The fraction of sp³-hybridized carbons (Fsp3) is 0.667. The zero-order valence-electron chi connectivity index (χ0n) is 20.9. The van der Waals surface area contributed by atoms with Crippen LogP contribution in [0.1, 0.15) is 12.5 Å². The molecule has 10 unspecified atom stereocenters. The predicted octanol–water partition coefficient (Wildman–Crippen LogP) is -2.58. The standard InChI is InChI=1S/C24H36N2O11/c1-12(28)26-15-19(16(29)14(11-27)35-23(15)34-3)36-24-18(31)17(30)20(33-2)21(37-24)22(32)25-10-9-13-7-5-4-6-8-13/h4-8,14-21,23-24,27,29-31H,9-11H2,1-3H3,(H,25,32)(H,26,28). The molecule has 2 amide bonds. The van der Waals surface area contributed by atoms with Crippen LogP contribution in [0.2, 0.25) is 0 Å². The number of benzene rings is 1. The maximum absolute atomic E-state index is 13.0. The second-order valence-corrected chi connectivity index (χ2v) is 8.91. The fourth-order valence-electron chi connectivity index (χ4n) is 4.47. The Bertz CT molecular complexity index is 876. The van der Waals surface area contributed by atoms with Crippen molar-refractivity contribution in [2.75, 3.05) is 27.4 Å². The van der Waals surface area contributed by atoms with Crippen molar-refractivity contribution in [3.8, 4) is 0 Å². The van der Waals surface area contributed by atoms with Gasteiger partial charge in [-0.05, 0) is 12.0 Å². The van der Waals surface area contributed by atoms with E-state index in [-0.39, 0.29) is 6.54 Å². The van der Waals surface area contributed by atoms with E-state index in [0.717, 1.165) is 5.56 Å². The van der Waals surface area contributed by atoms with E-state index in [1.807, 2.05) is 30.3 Å². The molecule has 2 aliphatic rings. The lowest BCUT2D eigenvalue weighted by atomic mass is 9.95. The third kappa shape index (κ3) is 7.02. The quantitative estimate of drug-likeness (QED) is 0.187. The number of ether oxygens (including phenoxy) is 5. The summed E-state index contributed by atoms with van der Waals surface area (Å²) in [6, 6.07) is 8.42. The second-order valence-electron chi connectivity index (χ2n) is 8.91. The van der Waals surface area contributed by atoms with Crippen molar-refractivity contribution in [1.29, 1.82) is 0 Å². The van der Waals surface area contributed by atoms with Crippen LogP contribution in [-0.4, -0.2) is 121 Å². The van der Waals surface area contributed by atoms with E-state index in [1.165, 1.54) is 21.1 Å². The fourth-order valence-corrected chi connectivity index (χ4v) is 4.47. The lowest BCUT2D eigenvalue weighted by Crippen LogP contribution is -2.68. The summed E-state index contributed by atoms with van der Waals surface area (Å²) in [6.07, 6.45) is -12.0. The molecule has 37 heavy (non-hydrogen) atoms. The van der Waals surface area contributed by atoms with Gasteiger partial charge in [-0.25, -0.2) is 0 Å². The molecule has 2 aliphatic heterocycles. The van der Waals surface area contributed by atoms with E-state index in [1.54, 1.807) is 0 Å². The Morgan fingerprint density at radius 3 is 2.24 bits per heavy atom. The molecule has 13 nitrogen and oxygen atoms in total. The van der Waals surface area contributed by atoms with Crippen molar-refractivity contribution in [2.45, 2.75) is 74.7 Å². The first-order chi connectivity index (χ1) is 17.7. The van der Waals surface area contributed by atoms with Crippen molar-refractivity contribution >= 4 is 11.8 Å². The summed E-state index contributed by atoms with van der Waals surface area (Å²) in [5, 5.41) is 47.1. The highest BCUT2D eigenvalue weighted by atomic mass is 16.7. The summed E-state index contributed by atoms with van der Waals surface area (Å²) < 4.78 is 27.6. The Hall–Kier alpha value is -2.20. The monoisotopic (exact) mass is 528 g/mol. The summed E-state index contributed by atoms with van der Waals surface area (Å²) in [5.74, 6) is -1.09. The summed E-state index contributed by atoms with van der Waals surface area (Å²) >= 11 is 0. The van der Waals surface area contributed by atoms with E-state index in [0.29, 0.717) is 6.42 Å². The number of carbonyl (C=O) groups is 2. The van der Waals surface area contributed by atoms with Gasteiger partial charge >= 0.3 is 0 Å². The van der Waals surface area contributed by atoms with Crippen LogP contribution in [-0.2, 0) is 39.7 Å². The molecule has 2 heterocycles. The number of amides is 2. The van der Waals surface area contributed by atoms with Crippen molar-refractivity contribution in [1.82, 2.24) is 10.6 Å². The maximum Gasteiger partial charge on any atom is 0.252 e. The molecule has 0 aromatic heterocycles. The number of hydrogen-bond acceptors (Lipinski definition) is 11. The van der Waals surface area contributed by atoms with Crippen molar-refractivity contribution in [2.24, 2.45) is 0 Å². The minimum Gasteiger partial charge on any atom is -0.394 e. The lowest BCUT2D eigenvalue weighted by Gasteiger charge is -2.47. The molecular weight excluding hydrogens is 492 g/mol. The molecule has 2 fully saturated rings. The molecular formula is C24H36N2O11. The van der Waals surface area contributed by atoms with Crippen LogP contribution in [0.5, 0.6) is 0 Å². The highest BCUT2D eigenvalue weighted by Gasteiger charge is 2.53. The minimum atomic E-state index is -1.68. The van der Waals surface area contributed by atoms with Gasteiger partial charge in [0.25, 0.3) is 5.91 Å². The first-order valence-corrected chi connectivity index (χ1v) is 12.0. The van der Waals surface area contributed by atoms with Gasteiger partial charge in [-0.2, -0.15) is 0 Å². The zero-order chi connectivity index (χ0) is 27.1. The lowest BCUT2D eigenvalue weighted by molar-refractivity contribution is -0.338. The third-order valence-corrected chi connectivity index (χ3v) is 6.38. The molecule has 0 radical (unpaired) electrons. The SMILES string of the molecule is COC1OC(CO)C(O)C(OC2OC(C(=O)NCCc3ccccc3)C(OC)C(O)C2O)C1NC(C)=O. The number of carbonyl (C=O) groups excluding carboxylic acids is 2. The van der Waals surface area contributed by atoms with Crippen LogP contribution in [0.15, 0.2) is 30.3 Å². The van der Waals surface area contributed by atoms with Gasteiger partial charge in [0, 0.05) is 27.7 Å². The van der Waals surface area contributed by atoms with Gasteiger partial charge in [-0.1, -0.05) is 30.3 Å². The second kappa shape index (κ2) is 13.6. The van der Waals surface area contributed by atoms with E-state index in [2.05, 4.69) is 10.6 Å². The van der Waals surface area contributed by atoms with Gasteiger partial charge in [-0.15, -0.1) is 0 Å². The molecule has 6 N–H and O–H groups in total. The third-order valence-electron chi connectivity index (χ3n) is 6.38. The molecule has 1 aromatic carbocycles. The molecule has 0 spiro atoms. The molecule has 0 bridgehead atoms. The smallest absolute Gasteiger partial charge is 0.252 e. The Kier molecular flexibility index (Phi) is 10.8. The largest absolute Gasteiger partial charge is 0.394 e. The van der Waals surface area contributed by atoms with Gasteiger partial charge in [0.05, 0.1) is 6.61 Å². The minimum absolute atomic E-state index is 0.278. The van der Waals surface area contributed by atoms with Crippen LogP contribution in [0, 0.1) is 0 Å². The number of rotatable bonds is 10. The number of aliphatic hydroxyl groups excluding tert-OH is 4. The Morgan fingerprint density at radius 2 is 1.65 bits per heavy atom.